The van der Waals surface area contributed by atoms with Crippen molar-refractivity contribution in [2.24, 2.45) is 34.6 Å². The van der Waals surface area contributed by atoms with Crippen LogP contribution in [0, 0.1) is 12.8 Å². The molecule has 104 heavy (non-hydrogen) atoms. The van der Waals surface area contributed by atoms with E-state index < -0.39 is 183 Å². The molecule has 0 saturated carbocycles. The summed E-state index contributed by atoms with van der Waals surface area (Å²) in [6.07, 6.45) is -22.4. The number of ether oxygens (including phenoxy) is 5. The van der Waals surface area contributed by atoms with Crippen LogP contribution in [0.3, 0.4) is 0 Å². The number of hydrogen-bond donors (Lipinski definition) is 23. The molecule has 0 aliphatic carbocycles. The molecular weight excluding hydrogens is 1420 g/mol. The molecule has 0 radical (unpaired) electrons. The van der Waals surface area contributed by atoms with Crippen molar-refractivity contribution in [2.75, 3.05) is 64.8 Å². The molecule has 0 bridgehead atoms. The number of nitrogen functional groups attached to an aromatic ring is 1. The van der Waals surface area contributed by atoms with Gasteiger partial charge in [-0.25, -0.2) is 29.7 Å². The number of carbonyl (C=O) groups excluding carboxylic acids is 9. The Morgan fingerprint density at radius 1 is 0.702 bits per heavy atom. The first kappa shape index (κ1) is 84.7. The summed E-state index contributed by atoms with van der Waals surface area (Å²) >= 11 is 2.48. The van der Waals surface area contributed by atoms with Crippen molar-refractivity contribution in [2.45, 2.75) is 176 Å². The van der Waals surface area contributed by atoms with Crippen LogP contribution in [-0.4, -0.2) is 281 Å². The zero-order valence-electron chi connectivity index (χ0n) is 57.2. The summed E-state index contributed by atoms with van der Waals surface area (Å²) in [5, 5.41) is 115. The standard InChI is InChI=1S/C60H94N20O22S2/c1-24-38(77-51(80-49(24)64)29(16-36(63)85)72-17-28(61)50(65)91)55(95)79-40(46(30-18-69-23-73-30)100-59-48(44(89)42(87)33(19-81)99-59)101-58-45(90)47(102-60(66)97)43(88)34(20-82)98-58)56(96)74-26(3)41(86)25(2)52(92)78-39(27(4)83)54(94)71-15-9-37-75-32(22-103-37)57-76-31(21-104-57)53(93)70-13-7-12-67-10-5-6-11-68-14-8-35(62)84/h18,21-23,25-29,33-34,39-48,58-59,67-68,72,81-83,86-90H,5-17,19-20,61H2,1-4H3,(H2,62,84)(H2,63,85)(H2,65,91)(H2,66,97)(H,69,73)(H,70,93)(H,71,94)(H,74,96)(H,78,92)(H,79,95)(H2,64,77,80)/t25?,26?,27?,28?,29?,33-,34+,39?,40?,41?,42+,43+,44-,45-,46?,47-,48-,58+,59-/m0/s1. The van der Waals surface area contributed by atoms with Gasteiger partial charge >= 0.3 is 6.09 Å². The molecule has 6 rings (SSSR count). The maximum atomic E-state index is 15.2. The molecule has 29 N–H and O–H groups in total. The number of rotatable bonds is 43. The van der Waals surface area contributed by atoms with Crippen LogP contribution in [0.25, 0.3) is 10.7 Å². The summed E-state index contributed by atoms with van der Waals surface area (Å²) < 4.78 is 28.8. The van der Waals surface area contributed by atoms with Gasteiger partial charge in [0.2, 0.25) is 35.4 Å². The van der Waals surface area contributed by atoms with E-state index in [0.29, 0.717) is 48.2 Å². The summed E-state index contributed by atoms with van der Waals surface area (Å²) in [4.78, 5) is 142. The Morgan fingerprint density at radius 3 is 2.01 bits per heavy atom. The maximum Gasteiger partial charge on any atom is 0.404 e. The van der Waals surface area contributed by atoms with Crippen LogP contribution in [0.5, 0.6) is 0 Å². The highest BCUT2D eigenvalue weighted by Gasteiger charge is 2.54. The van der Waals surface area contributed by atoms with Crippen LogP contribution < -0.4 is 76.9 Å². The second-order valence-electron chi connectivity index (χ2n) is 24.6. The number of carbonyl (C=O) groups is 9. The third-order valence-electron chi connectivity index (χ3n) is 16.6. The third kappa shape index (κ3) is 24.1. The zero-order chi connectivity index (χ0) is 76.6. The minimum atomic E-state index is -2.21. The summed E-state index contributed by atoms with van der Waals surface area (Å²) in [7, 11) is 0. The van der Waals surface area contributed by atoms with E-state index in [9.17, 15) is 79.2 Å². The Balaban J connectivity index is 1.18. The second kappa shape index (κ2) is 40.9. The monoisotopic (exact) mass is 1510 g/mol. The van der Waals surface area contributed by atoms with E-state index in [1.807, 2.05) is 0 Å². The van der Waals surface area contributed by atoms with Gasteiger partial charge in [0.25, 0.3) is 11.8 Å². The van der Waals surface area contributed by atoms with Gasteiger partial charge in [-0.3, -0.25) is 38.4 Å². The summed E-state index contributed by atoms with van der Waals surface area (Å²) in [6.45, 7) is 5.84. The normalized spacial score (nSPS) is 23.0. The average molecular weight is 1510 g/mol. The fraction of sp³-hybridized carbons (Fsp3) is 0.633. The van der Waals surface area contributed by atoms with E-state index >= 15 is 4.79 Å². The molecule has 2 aliphatic heterocycles. The Hall–Kier alpha value is -8.26. The molecular formula is C60H94N20O22S2. The number of H-pyrrole nitrogens is 1. The van der Waals surface area contributed by atoms with Gasteiger partial charge < -0.3 is 146 Å². The fourth-order valence-electron chi connectivity index (χ4n) is 10.6. The molecule has 4 aromatic heterocycles. The van der Waals surface area contributed by atoms with E-state index in [0.717, 1.165) is 38.5 Å². The van der Waals surface area contributed by atoms with Gasteiger partial charge in [0.15, 0.2) is 18.7 Å². The molecule has 6 heterocycles. The Kier molecular flexibility index (Phi) is 33.3. The SMILES string of the molecule is Cc1c(N)nc(C(CC(N)=O)NCC(N)C(N)=O)nc1C(=O)NC(C(=O)NC(C)C(O)C(C)C(=O)NC(C(=O)NCCc1nc(-c2nc(C(=O)NCCCNCCCCNCCC(N)=O)cs2)cs1)C(C)O)C(O[C@@H]1O[C@@H](CO)[C@@H](O)[C@H](O)[C@@H]1O[C@H]1O[C@H](CO)[C@@H](O)[C@H](OC(N)=O)[C@@H]1O)c1cnc[nH]1. The molecule has 9 unspecified atom stereocenters. The molecule has 0 spiro atoms. The fourth-order valence-corrected chi connectivity index (χ4v) is 12.2. The molecule has 44 heteroatoms. The van der Waals surface area contributed by atoms with Crippen molar-refractivity contribution in [3.05, 3.63) is 56.8 Å². The molecule has 9 amide bonds. The number of amides is 9. The number of aliphatic hydroxyl groups is 8. The predicted molar refractivity (Wildman–Crippen MR) is 363 cm³/mol. The van der Waals surface area contributed by atoms with Crippen LogP contribution >= 0.6 is 22.7 Å². The van der Waals surface area contributed by atoms with Gasteiger partial charge in [-0.1, -0.05) is 6.92 Å². The Morgan fingerprint density at radius 2 is 1.38 bits per heavy atom. The average Bonchev–Trinajstić information content (AvgIpc) is 0.940. The summed E-state index contributed by atoms with van der Waals surface area (Å²) in [5.74, 6) is -9.15. The number of anilines is 1. The molecule has 2 saturated heterocycles. The highest BCUT2D eigenvalue weighted by atomic mass is 32.1. The summed E-state index contributed by atoms with van der Waals surface area (Å²) in [6, 6.07) is -7.90. The van der Waals surface area contributed by atoms with Gasteiger partial charge in [0.05, 0.1) is 72.7 Å². The topological polar surface area (TPSA) is 694 Å². The van der Waals surface area contributed by atoms with Crippen molar-refractivity contribution in [3.63, 3.8) is 0 Å². The van der Waals surface area contributed by atoms with E-state index in [2.05, 4.69) is 72.4 Å². The lowest BCUT2D eigenvalue weighted by molar-refractivity contribution is -0.372. The summed E-state index contributed by atoms with van der Waals surface area (Å²) in [5.41, 5.74) is 33.2. The Labute approximate surface area is 602 Å². The lowest BCUT2D eigenvalue weighted by Crippen LogP contribution is -2.65. The first-order valence-corrected chi connectivity index (χ1v) is 34.8. The smallest absolute Gasteiger partial charge is 0.404 e. The number of aromatic nitrogens is 6. The van der Waals surface area contributed by atoms with Crippen LogP contribution in [0.15, 0.2) is 23.3 Å². The largest absolute Gasteiger partial charge is 0.441 e. The van der Waals surface area contributed by atoms with Gasteiger partial charge in [-0.05, 0) is 59.7 Å². The van der Waals surface area contributed by atoms with Crippen LogP contribution in [0.4, 0.5) is 10.6 Å². The van der Waals surface area contributed by atoms with Crippen molar-refractivity contribution in [1.29, 1.82) is 0 Å². The third-order valence-corrected chi connectivity index (χ3v) is 18.4. The van der Waals surface area contributed by atoms with Crippen molar-refractivity contribution >= 4 is 81.8 Å². The second-order valence-corrected chi connectivity index (χ2v) is 26.4. The first-order chi connectivity index (χ1) is 49.3. The maximum absolute atomic E-state index is 15.2. The van der Waals surface area contributed by atoms with Crippen LogP contribution in [0.1, 0.15) is 108 Å². The van der Waals surface area contributed by atoms with Crippen molar-refractivity contribution < 1.29 is 108 Å². The molecule has 578 valence electrons. The molecule has 19 atom stereocenters. The van der Waals surface area contributed by atoms with Gasteiger partial charge in [-0.2, -0.15) is 0 Å². The molecule has 4 aromatic rings. The quantitative estimate of drug-likeness (QED) is 0.0183. The molecule has 2 aliphatic rings. The highest BCUT2D eigenvalue weighted by Crippen LogP contribution is 2.35. The predicted octanol–water partition coefficient (Wildman–Crippen LogP) is -8.75. The van der Waals surface area contributed by atoms with E-state index in [1.165, 1.54) is 50.4 Å². The minimum Gasteiger partial charge on any atom is -0.441 e. The lowest BCUT2D eigenvalue weighted by atomic mass is 9.96. The molecule has 42 nitrogen and oxygen atoms in total. The number of aromatic amines is 1. The number of aliphatic hydroxyl groups excluding tert-OH is 8. The number of nitrogens with one attached hydrogen (secondary N) is 9. The first-order valence-electron chi connectivity index (χ1n) is 33.0. The zero-order valence-corrected chi connectivity index (χ0v) is 58.8. The van der Waals surface area contributed by atoms with Crippen LogP contribution in [0.2, 0.25) is 0 Å². The highest BCUT2D eigenvalue weighted by molar-refractivity contribution is 7.14. The lowest BCUT2D eigenvalue weighted by Gasteiger charge is -2.47. The van der Waals surface area contributed by atoms with E-state index in [4.69, 9.17) is 58.1 Å². The number of thiazole rings is 2. The van der Waals surface area contributed by atoms with E-state index in [1.54, 1.807) is 10.8 Å². The molecule has 2 fully saturated rings. The number of hydrogen-bond acceptors (Lipinski definition) is 34. The molecule has 0 aromatic carbocycles. The number of primary amides is 4. The van der Waals surface area contributed by atoms with Crippen molar-refractivity contribution in [1.82, 2.24) is 72.4 Å². The number of nitrogens with zero attached hydrogens (tertiary/aromatic N) is 5. The number of imidazole rings is 1. The number of nitrogens with two attached hydrogens (primary N) is 6. The van der Waals surface area contributed by atoms with Gasteiger partial charge in [0, 0.05) is 61.8 Å². The Bertz CT molecular complexity index is 3490. The van der Waals surface area contributed by atoms with Gasteiger partial charge in [0.1, 0.15) is 94.6 Å². The van der Waals surface area contributed by atoms with Crippen LogP contribution in [-0.2, 0) is 58.9 Å². The van der Waals surface area contributed by atoms with E-state index in [-0.39, 0.29) is 59.9 Å². The number of unbranched alkanes of at least 4 members (excludes halogenated alkanes) is 1. The van der Waals surface area contributed by atoms with Crippen molar-refractivity contribution in [3.8, 4) is 10.7 Å². The minimum absolute atomic E-state index is 0.0253. The van der Waals surface area contributed by atoms with Gasteiger partial charge in [-0.15, -0.1) is 22.7 Å².